The van der Waals surface area contributed by atoms with Crippen molar-refractivity contribution in [3.63, 3.8) is 0 Å². The molecule has 0 heterocycles. The number of ether oxygens (including phenoxy) is 1. The number of phenolic OH excluding ortho intramolecular Hbond substituents is 1. The lowest BCUT2D eigenvalue weighted by atomic mass is 10.2. The van der Waals surface area contributed by atoms with Gasteiger partial charge in [-0.1, -0.05) is 37.6 Å². The van der Waals surface area contributed by atoms with Crippen LogP contribution in [0.25, 0.3) is 0 Å². The molecule has 19 heavy (non-hydrogen) atoms. The molecule has 0 spiro atoms. The Bertz CT molecular complexity index is 385. The van der Waals surface area contributed by atoms with Crippen molar-refractivity contribution in [3.8, 4) is 5.75 Å². The van der Waals surface area contributed by atoms with Crippen molar-refractivity contribution in [1.29, 1.82) is 0 Å². The minimum Gasteiger partial charge on any atom is -0.506 e. The molecule has 108 valence electrons. The number of hydrogen-bond donors (Lipinski definition) is 3. The second-order valence-electron chi connectivity index (χ2n) is 4.96. The van der Waals surface area contributed by atoms with E-state index in [4.69, 9.17) is 16.3 Å². The van der Waals surface area contributed by atoms with Gasteiger partial charge in [0.2, 0.25) is 0 Å². The first-order chi connectivity index (χ1) is 9.00. The topological polar surface area (TPSA) is 61.7 Å². The maximum atomic E-state index is 9.71. The predicted octanol–water partition coefficient (Wildman–Crippen LogP) is 2.17. The highest BCUT2D eigenvalue weighted by atomic mass is 35.5. The van der Waals surface area contributed by atoms with Gasteiger partial charge in [-0.3, -0.25) is 0 Å². The minimum atomic E-state index is -0.555. The summed E-state index contributed by atoms with van der Waals surface area (Å²) in [5, 5.41) is 22.8. The standard InChI is InChI=1S/C14H22ClNO3/c1-10(2)8-19-9-12(17)7-16-6-11-4-3-5-13(15)14(11)18/h3-5,10,12,16-18H,6-9H2,1-2H3. The van der Waals surface area contributed by atoms with Crippen molar-refractivity contribution in [2.75, 3.05) is 19.8 Å². The zero-order valence-electron chi connectivity index (χ0n) is 11.4. The molecule has 0 bridgehead atoms. The Morgan fingerprint density at radius 2 is 2.05 bits per heavy atom. The Hall–Kier alpha value is -0.810. The molecule has 0 aliphatic rings. The molecule has 4 nitrogen and oxygen atoms in total. The van der Waals surface area contributed by atoms with E-state index in [1.807, 2.05) is 0 Å². The summed E-state index contributed by atoms with van der Waals surface area (Å²) in [7, 11) is 0. The van der Waals surface area contributed by atoms with Gasteiger partial charge in [-0.15, -0.1) is 0 Å². The van der Waals surface area contributed by atoms with Gasteiger partial charge in [0.15, 0.2) is 0 Å². The van der Waals surface area contributed by atoms with Crippen LogP contribution in [0, 0.1) is 5.92 Å². The molecule has 0 radical (unpaired) electrons. The maximum Gasteiger partial charge on any atom is 0.138 e. The molecule has 1 rings (SSSR count). The van der Waals surface area contributed by atoms with Crippen LogP contribution in [0.2, 0.25) is 5.02 Å². The van der Waals surface area contributed by atoms with Crippen LogP contribution in [0.4, 0.5) is 0 Å². The minimum absolute atomic E-state index is 0.0854. The van der Waals surface area contributed by atoms with Crippen molar-refractivity contribution < 1.29 is 14.9 Å². The van der Waals surface area contributed by atoms with Crippen LogP contribution >= 0.6 is 11.6 Å². The van der Waals surface area contributed by atoms with Crippen LogP contribution in [-0.2, 0) is 11.3 Å². The molecule has 1 unspecified atom stereocenters. The number of aliphatic hydroxyl groups is 1. The molecule has 5 heteroatoms. The first-order valence-corrected chi connectivity index (χ1v) is 6.81. The number of halogens is 1. The number of nitrogens with one attached hydrogen (secondary N) is 1. The summed E-state index contributed by atoms with van der Waals surface area (Å²) in [6, 6.07) is 5.20. The van der Waals surface area contributed by atoms with E-state index in [1.54, 1.807) is 18.2 Å². The highest BCUT2D eigenvalue weighted by molar-refractivity contribution is 6.32. The van der Waals surface area contributed by atoms with Gasteiger partial charge in [-0.25, -0.2) is 0 Å². The Morgan fingerprint density at radius 3 is 2.74 bits per heavy atom. The number of aliphatic hydroxyl groups excluding tert-OH is 1. The summed E-state index contributed by atoms with van der Waals surface area (Å²) < 4.78 is 5.34. The fourth-order valence-corrected chi connectivity index (χ4v) is 1.77. The van der Waals surface area contributed by atoms with Gasteiger partial charge in [0, 0.05) is 25.3 Å². The molecule has 0 aliphatic heterocycles. The smallest absolute Gasteiger partial charge is 0.138 e. The van der Waals surface area contributed by atoms with Gasteiger partial charge in [0.25, 0.3) is 0 Å². The molecule has 3 N–H and O–H groups in total. The number of phenols is 1. The number of rotatable bonds is 8. The normalized spacial score (nSPS) is 12.9. The summed E-state index contributed by atoms with van der Waals surface area (Å²) in [5.41, 5.74) is 0.711. The quantitative estimate of drug-likeness (QED) is 0.686. The largest absolute Gasteiger partial charge is 0.506 e. The average molecular weight is 288 g/mol. The van der Waals surface area contributed by atoms with Gasteiger partial charge in [0.05, 0.1) is 17.7 Å². The first kappa shape index (κ1) is 16.2. The van der Waals surface area contributed by atoms with E-state index >= 15 is 0 Å². The highest BCUT2D eigenvalue weighted by Gasteiger charge is 2.07. The molecular weight excluding hydrogens is 266 g/mol. The molecule has 0 aromatic heterocycles. The third-order valence-corrected chi connectivity index (χ3v) is 2.83. The summed E-state index contributed by atoms with van der Waals surface area (Å²) in [6.45, 7) is 5.94. The molecule has 0 amide bonds. The van der Waals surface area contributed by atoms with E-state index in [0.717, 1.165) is 0 Å². The lowest BCUT2D eigenvalue weighted by molar-refractivity contribution is 0.0260. The monoisotopic (exact) mass is 287 g/mol. The summed E-state index contributed by atoms with van der Waals surface area (Å²) >= 11 is 5.81. The Labute approximate surface area is 119 Å². The van der Waals surface area contributed by atoms with Gasteiger partial charge >= 0.3 is 0 Å². The molecule has 1 aromatic carbocycles. The van der Waals surface area contributed by atoms with Gasteiger partial charge in [-0.05, 0) is 12.0 Å². The molecule has 1 atom stereocenters. The highest BCUT2D eigenvalue weighted by Crippen LogP contribution is 2.26. The van der Waals surface area contributed by atoms with E-state index in [1.165, 1.54) is 0 Å². The second kappa shape index (κ2) is 8.38. The zero-order chi connectivity index (χ0) is 14.3. The van der Waals surface area contributed by atoms with Crippen LogP contribution in [-0.4, -0.2) is 36.1 Å². The van der Waals surface area contributed by atoms with E-state index in [9.17, 15) is 10.2 Å². The molecule has 0 saturated carbocycles. The Kier molecular flexibility index (Phi) is 7.16. The molecule has 0 fully saturated rings. The fraction of sp³-hybridized carbons (Fsp3) is 0.571. The van der Waals surface area contributed by atoms with Crippen molar-refractivity contribution in [3.05, 3.63) is 28.8 Å². The van der Waals surface area contributed by atoms with Crippen molar-refractivity contribution in [1.82, 2.24) is 5.32 Å². The van der Waals surface area contributed by atoms with Crippen molar-refractivity contribution >= 4 is 11.6 Å². The number of hydrogen-bond acceptors (Lipinski definition) is 4. The van der Waals surface area contributed by atoms with E-state index in [0.29, 0.717) is 42.8 Å². The van der Waals surface area contributed by atoms with Crippen LogP contribution in [0.3, 0.4) is 0 Å². The van der Waals surface area contributed by atoms with Crippen LogP contribution in [0.1, 0.15) is 19.4 Å². The third kappa shape index (κ3) is 6.25. The predicted molar refractivity (Wildman–Crippen MR) is 76.5 cm³/mol. The Balaban J connectivity index is 2.24. The van der Waals surface area contributed by atoms with Crippen molar-refractivity contribution in [2.45, 2.75) is 26.5 Å². The third-order valence-electron chi connectivity index (χ3n) is 2.53. The average Bonchev–Trinajstić information content (AvgIpc) is 2.34. The van der Waals surface area contributed by atoms with Crippen LogP contribution < -0.4 is 5.32 Å². The lowest BCUT2D eigenvalue weighted by Crippen LogP contribution is -2.30. The number of para-hydroxylation sites is 1. The Morgan fingerprint density at radius 1 is 1.32 bits per heavy atom. The number of benzene rings is 1. The van der Waals surface area contributed by atoms with E-state index < -0.39 is 6.10 Å². The first-order valence-electron chi connectivity index (χ1n) is 6.43. The van der Waals surface area contributed by atoms with E-state index in [-0.39, 0.29) is 5.75 Å². The number of aromatic hydroxyl groups is 1. The zero-order valence-corrected chi connectivity index (χ0v) is 12.2. The van der Waals surface area contributed by atoms with Crippen molar-refractivity contribution in [2.24, 2.45) is 5.92 Å². The van der Waals surface area contributed by atoms with Crippen LogP contribution in [0.5, 0.6) is 5.75 Å². The fourth-order valence-electron chi connectivity index (χ4n) is 1.57. The van der Waals surface area contributed by atoms with Gasteiger partial charge in [0.1, 0.15) is 5.75 Å². The van der Waals surface area contributed by atoms with Crippen LogP contribution in [0.15, 0.2) is 18.2 Å². The summed E-state index contributed by atoms with van der Waals surface area (Å²) in [5.74, 6) is 0.547. The van der Waals surface area contributed by atoms with Gasteiger partial charge in [-0.2, -0.15) is 0 Å². The lowest BCUT2D eigenvalue weighted by Gasteiger charge is -2.14. The van der Waals surface area contributed by atoms with E-state index in [2.05, 4.69) is 19.2 Å². The molecule has 0 saturated heterocycles. The molecule has 0 aliphatic carbocycles. The SMILES string of the molecule is CC(C)COCC(O)CNCc1cccc(Cl)c1O. The maximum absolute atomic E-state index is 9.71. The summed E-state index contributed by atoms with van der Waals surface area (Å²) in [4.78, 5) is 0. The molecular formula is C14H22ClNO3. The molecule has 1 aromatic rings. The van der Waals surface area contributed by atoms with Gasteiger partial charge < -0.3 is 20.3 Å². The second-order valence-corrected chi connectivity index (χ2v) is 5.37. The summed E-state index contributed by atoms with van der Waals surface area (Å²) in [6.07, 6.45) is -0.555.